The van der Waals surface area contributed by atoms with Crippen LogP contribution in [0.25, 0.3) is 0 Å². The molecule has 4 nitrogen and oxygen atoms in total. The highest BCUT2D eigenvalue weighted by atomic mass is 35.5. The Bertz CT molecular complexity index is 511. The van der Waals surface area contributed by atoms with Crippen molar-refractivity contribution in [2.75, 3.05) is 19.8 Å². The van der Waals surface area contributed by atoms with Crippen molar-refractivity contribution in [2.24, 2.45) is 0 Å². The van der Waals surface area contributed by atoms with Gasteiger partial charge >= 0.3 is 0 Å². The van der Waals surface area contributed by atoms with Crippen LogP contribution in [0.5, 0.6) is 11.5 Å². The molecule has 1 aliphatic heterocycles. The van der Waals surface area contributed by atoms with Crippen molar-refractivity contribution in [3.8, 4) is 17.6 Å². The summed E-state index contributed by atoms with van der Waals surface area (Å²) in [4.78, 5) is 0. The molecule has 0 saturated carbocycles. The monoisotopic (exact) mass is 278 g/mol. The van der Waals surface area contributed by atoms with E-state index in [9.17, 15) is 5.26 Å². The Morgan fingerprint density at radius 3 is 3.00 bits per heavy atom. The molecule has 1 aromatic carbocycles. The molecule has 0 fully saturated rings. The number of nitriles is 1. The second-order valence-corrected chi connectivity index (χ2v) is 4.55. The number of nitrogens with zero attached hydrogens (tertiary/aromatic N) is 1. The van der Waals surface area contributed by atoms with Gasteiger partial charge in [-0.3, -0.25) is 5.32 Å². The second-order valence-electron chi connectivity index (χ2n) is 4.14. The Labute approximate surface area is 117 Å². The zero-order valence-corrected chi connectivity index (χ0v) is 11.2. The molecule has 1 N–H and O–H groups in total. The van der Waals surface area contributed by atoms with Crippen molar-refractivity contribution >= 4 is 11.6 Å². The molecule has 0 radical (unpaired) electrons. The summed E-state index contributed by atoms with van der Waals surface area (Å²) >= 11 is 6.19. The molecule has 19 heavy (non-hydrogen) atoms. The SMILES string of the molecule is C=CCNC(C#N)c1cc(Cl)c2c(c1)OCCCO2. The summed E-state index contributed by atoms with van der Waals surface area (Å²) in [5.41, 5.74) is 0.763. The fourth-order valence-electron chi connectivity index (χ4n) is 1.86. The molecular formula is C14H15ClN2O2. The van der Waals surface area contributed by atoms with Gasteiger partial charge in [-0.05, 0) is 17.7 Å². The van der Waals surface area contributed by atoms with Gasteiger partial charge in [-0.1, -0.05) is 17.7 Å². The Kier molecular flexibility index (Phi) is 4.67. The van der Waals surface area contributed by atoms with Crippen molar-refractivity contribution in [1.82, 2.24) is 5.32 Å². The number of rotatable bonds is 4. The maximum atomic E-state index is 9.19. The van der Waals surface area contributed by atoms with E-state index in [1.54, 1.807) is 18.2 Å². The fourth-order valence-corrected chi connectivity index (χ4v) is 2.13. The molecule has 1 heterocycles. The van der Waals surface area contributed by atoms with Crippen molar-refractivity contribution in [3.05, 3.63) is 35.4 Å². The van der Waals surface area contributed by atoms with Gasteiger partial charge in [-0.15, -0.1) is 6.58 Å². The molecule has 0 amide bonds. The lowest BCUT2D eigenvalue weighted by molar-refractivity contribution is 0.297. The molecule has 5 heteroatoms. The van der Waals surface area contributed by atoms with E-state index in [1.165, 1.54) is 0 Å². The van der Waals surface area contributed by atoms with Gasteiger partial charge in [-0.2, -0.15) is 5.26 Å². The summed E-state index contributed by atoms with van der Waals surface area (Å²) in [6.07, 6.45) is 2.52. The topological polar surface area (TPSA) is 54.3 Å². The van der Waals surface area contributed by atoms with E-state index in [1.807, 2.05) is 0 Å². The summed E-state index contributed by atoms with van der Waals surface area (Å²) in [6.45, 7) is 5.34. The standard InChI is InChI=1S/C14H15ClN2O2/c1-2-4-17-12(9-16)10-7-11(15)14-13(8-10)18-5-3-6-19-14/h2,7-8,12,17H,1,3-6H2. The van der Waals surface area contributed by atoms with E-state index in [4.69, 9.17) is 21.1 Å². The highest BCUT2D eigenvalue weighted by molar-refractivity contribution is 6.32. The third-order valence-corrected chi connectivity index (χ3v) is 3.03. The zero-order valence-electron chi connectivity index (χ0n) is 10.5. The highest BCUT2D eigenvalue weighted by Crippen LogP contribution is 2.39. The third-order valence-electron chi connectivity index (χ3n) is 2.75. The van der Waals surface area contributed by atoms with Gasteiger partial charge < -0.3 is 9.47 Å². The van der Waals surface area contributed by atoms with E-state index >= 15 is 0 Å². The number of benzene rings is 1. The Morgan fingerprint density at radius 1 is 1.47 bits per heavy atom. The molecule has 100 valence electrons. The lowest BCUT2D eigenvalue weighted by atomic mass is 10.1. The lowest BCUT2D eigenvalue weighted by Crippen LogP contribution is -2.19. The minimum Gasteiger partial charge on any atom is -0.489 e. The molecule has 1 aromatic rings. The molecule has 1 aliphatic rings. The first kappa shape index (κ1) is 13.7. The van der Waals surface area contributed by atoms with E-state index in [-0.39, 0.29) is 0 Å². The predicted molar refractivity (Wildman–Crippen MR) is 73.6 cm³/mol. The van der Waals surface area contributed by atoms with Crippen LogP contribution in [0.3, 0.4) is 0 Å². The number of nitrogens with one attached hydrogen (secondary N) is 1. The minimum absolute atomic E-state index is 0.451. The van der Waals surface area contributed by atoms with Crippen LogP contribution in [0.4, 0.5) is 0 Å². The second kappa shape index (κ2) is 6.46. The molecular weight excluding hydrogens is 264 g/mol. The van der Waals surface area contributed by atoms with Gasteiger partial charge in [0.25, 0.3) is 0 Å². The maximum Gasteiger partial charge on any atom is 0.179 e. The Hall–Kier alpha value is -1.70. The van der Waals surface area contributed by atoms with Crippen LogP contribution in [0, 0.1) is 11.3 Å². The van der Waals surface area contributed by atoms with Gasteiger partial charge in [0.05, 0.1) is 24.3 Å². The Balaban J connectivity index is 2.32. The van der Waals surface area contributed by atoms with Crippen molar-refractivity contribution in [1.29, 1.82) is 5.26 Å². The van der Waals surface area contributed by atoms with Gasteiger partial charge in [0, 0.05) is 13.0 Å². The molecule has 0 aromatic heterocycles. The Morgan fingerprint density at radius 2 is 2.26 bits per heavy atom. The van der Waals surface area contributed by atoms with Crippen molar-refractivity contribution < 1.29 is 9.47 Å². The fraction of sp³-hybridized carbons (Fsp3) is 0.357. The van der Waals surface area contributed by atoms with Gasteiger partial charge in [-0.25, -0.2) is 0 Å². The van der Waals surface area contributed by atoms with Crippen LogP contribution in [0.15, 0.2) is 24.8 Å². The molecule has 2 rings (SSSR count). The van der Waals surface area contributed by atoms with E-state index in [2.05, 4.69) is 18.0 Å². The predicted octanol–water partition coefficient (Wildman–Crippen LogP) is 2.84. The van der Waals surface area contributed by atoms with Crippen LogP contribution < -0.4 is 14.8 Å². The molecule has 0 bridgehead atoms. The summed E-state index contributed by atoms with van der Waals surface area (Å²) in [5.74, 6) is 1.16. The smallest absolute Gasteiger partial charge is 0.179 e. The third kappa shape index (κ3) is 3.19. The average molecular weight is 279 g/mol. The van der Waals surface area contributed by atoms with Gasteiger partial charge in [0.1, 0.15) is 6.04 Å². The first-order valence-electron chi connectivity index (χ1n) is 6.09. The highest BCUT2D eigenvalue weighted by Gasteiger charge is 2.19. The lowest BCUT2D eigenvalue weighted by Gasteiger charge is -2.15. The normalized spacial score (nSPS) is 15.2. The van der Waals surface area contributed by atoms with Crippen LogP contribution >= 0.6 is 11.6 Å². The summed E-state index contributed by atoms with van der Waals surface area (Å²) in [5, 5.41) is 12.7. The first-order chi connectivity index (χ1) is 9.26. The van der Waals surface area contributed by atoms with Gasteiger partial charge in [0.2, 0.25) is 0 Å². The van der Waals surface area contributed by atoms with Gasteiger partial charge in [0.15, 0.2) is 11.5 Å². The van der Waals surface area contributed by atoms with Crippen LogP contribution in [-0.4, -0.2) is 19.8 Å². The summed E-state index contributed by atoms with van der Waals surface area (Å²) in [6, 6.07) is 5.27. The zero-order chi connectivity index (χ0) is 13.7. The number of halogens is 1. The van der Waals surface area contributed by atoms with Crippen LogP contribution in [-0.2, 0) is 0 Å². The molecule has 1 unspecified atom stereocenters. The first-order valence-corrected chi connectivity index (χ1v) is 6.47. The van der Waals surface area contributed by atoms with Crippen molar-refractivity contribution in [2.45, 2.75) is 12.5 Å². The summed E-state index contributed by atoms with van der Waals surface area (Å²) < 4.78 is 11.2. The minimum atomic E-state index is -0.451. The maximum absolute atomic E-state index is 9.19. The van der Waals surface area contributed by atoms with E-state index in [0.717, 1.165) is 12.0 Å². The molecule has 1 atom stereocenters. The number of fused-ring (bicyclic) bond motifs is 1. The molecule has 0 saturated heterocycles. The largest absolute Gasteiger partial charge is 0.489 e. The average Bonchev–Trinajstić information content (AvgIpc) is 2.65. The summed E-state index contributed by atoms with van der Waals surface area (Å²) in [7, 11) is 0. The van der Waals surface area contributed by atoms with Crippen LogP contribution in [0.2, 0.25) is 5.02 Å². The van der Waals surface area contributed by atoms with E-state index in [0.29, 0.717) is 36.3 Å². The number of ether oxygens (including phenoxy) is 2. The quantitative estimate of drug-likeness (QED) is 0.861. The van der Waals surface area contributed by atoms with Crippen molar-refractivity contribution in [3.63, 3.8) is 0 Å². The molecule has 0 spiro atoms. The van der Waals surface area contributed by atoms with Crippen LogP contribution in [0.1, 0.15) is 18.0 Å². The number of hydrogen-bond acceptors (Lipinski definition) is 4. The molecule has 0 aliphatic carbocycles. The van der Waals surface area contributed by atoms with E-state index < -0.39 is 6.04 Å². The number of hydrogen-bond donors (Lipinski definition) is 1.